The first-order valence-corrected chi connectivity index (χ1v) is 7.01. The van der Waals surface area contributed by atoms with Gasteiger partial charge in [-0.15, -0.1) is 4.91 Å². The van der Waals surface area contributed by atoms with Gasteiger partial charge in [0.25, 0.3) is 0 Å². The monoisotopic (exact) mass is 278 g/mol. The van der Waals surface area contributed by atoms with E-state index in [1.807, 2.05) is 24.3 Å². The van der Waals surface area contributed by atoms with E-state index in [1.165, 1.54) is 5.01 Å². The normalized spacial score (nSPS) is 26.1. The highest BCUT2D eigenvalue weighted by molar-refractivity contribution is 5.33. The number of hydrogen-bond donors (Lipinski definition) is 1. The summed E-state index contributed by atoms with van der Waals surface area (Å²) >= 11 is 0. The Morgan fingerprint density at radius 2 is 2.30 bits per heavy atom. The molecule has 1 aromatic rings. The summed E-state index contributed by atoms with van der Waals surface area (Å²) in [6.07, 6.45) is 3.66. The molecule has 1 fully saturated rings. The van der Waals surface area contributed by atoms with E-state index in [9.17, 15) is 10.0 Å². The molecule has 0 aliphatic heterocycles. The smallest absolute Gasteiger partial charge is 0.119 e. The van der Waals surface area contributed by atoms with Crippen LogP contribution >= 0.6 is 0 Å². The topological polar surface area (TPSA) is 62.1 Å². The summed E-state index contributed by atoms with van der Waals surface area (Å²) in [5.41, 5.74) is -0.0491. The first-order chi connectivity index (χ1) is 9.60. The summed E-state index contributed by atoms with van der Waals surface area (Å²) in [5, 5.41) is 15.4. The predicted octanol–water partition coefficient (Wildman–Crippen LogP) is 2.69. The third kappa shape index (κ3) is 2.93. The largest absolute Gasteiger partial charge is 0.497 e. The number of ether oxygens (including phenoxy) is 1. The molecule has 20 heavy (non-hydrogen) atoms. The number of hydrogen-bond acceptors (Lipinski definition) is 4. The van der Waals surface area contributed by atoms with Gasteiger partial charge in [0.05, 0.1) is 18.0 Å². The second-order valence-electron chi connectivity index (χ2n) is 5.52. The molecule has 2 atom stereocenters. The zero-order chi connectivity index (χ0) is 14.6. The van der Waals surface area contributed by atoms with Crippen molar-refractivity contribution in [3.8, 4) is 5.75 Å². The van der Waals surface area contributed by atoms with Crippen molar-refractivity contribution in [1.82, 2.24) is 5.01 Å². The molecule has 1 aliphatic carbocycles. The minimum atomic E-state index is -0.911. The number of nitroso groups, excluding NO2 is 1. The third-order valence-electron chi connectivity index (χ3n) is 4.23. The molecule has 0 saturated heterocycles. The molecule has 110 valence electrons. The quantitative estimate of drug-likeness (QED) is 0.664. The molecule has 0 radical (unpaired) electrons. The average molecular weight is 278 g/mol. The molecule has 2 rings (SSSR count). The minimum absolute atomic E-state index is 0.00561. The van der Waals surface area contributed by atoms with Gasteiger partial charge in [-0.1, -0.05) is 25.0 Å². The van der Waals surface area contributed by atoms with Crippen molar-refractivity contribution in [3.63, 3.8) is 0 Å². The van der Waals surface area contributed by atoms with E-state index in [-0.39, 0.29) is 5.92 Å². The second kappa shape index (κ2) is 6.22. The Labute approximate surface area is 119 Å². The van der Waals surface area contributed by atoms with Gasteiger partial charge >= 0.3 is 0 Å². The molecule has 5 nitrogen and oxygen atoms in total. The average Bonchev–Trinajstić information content (AvgIpc) is 2.49. The summed E-state index contributed by atoms with van der Waals surface area (Å²) < 4.78 is 5.24. The van der Waals surface area contributed by atoms with Gasteiger partial charge in [0.15, 0.2) is 0 Å². The van der Waals surface area contributed by atoms with E-state index in [0.717, 1.165) is 30.6 Å². The molecule has 0 unspecified atom stereocenters. The molecule has 1 aliphatic rings. The Balaban J connectivity index is 2.29. The van der Waals surface area contributed by atoms with Crippen molar-refractivity contribution in [3.05, 3.63) is 34.7 Å². The van der Waals surface area contributed by atoms with Crippen LogP contribution in [0, 0.1) is 10.8 Å². The number of nitrogens with zero attached hydrogens (tertiary/aromatic N) is 2. The highest BCUT2D eigenvalue weighted by Crippen LogP contribution is 2.42. The van der Waals surface area contributed by atoms with E-state index in [0.29, 0.717) is 13.0 Å². The van der Waals surface area contributed by atoms with Gasteiger partial charge in [0.1, 0.15) is 5.75 Å². The van der Waals surface area contributed by atoms with Gasteiger partial charge in [0, 0.05) is 19.5 Å². The van der Waals surface area contributed by atoms with Crippen LogP contribution in [-0.2, 0) is 5.60 Å². The molecule has 0 spiro atoms. The molecule has 0 amide bonds. The molecular weight excluding hydrogens is 256 g/mol. The summed E-state index contributed by atoms with van der Waals surface area (Å²) in [6, 6.07) is 7.56. The SMILES string of the molecule is COc1cccc([C@@]2(O)CCCC[C@@H]2CN(C)N=O)c1. The maximum absolute atomic E-state index is 11.1. The van der Waals surface area contributed by atoms with Crippen molar-refractivity contribution < 1.29 is 9.84 Å². The van der Waals surface area contributed by atoms with E-state index in [1.54, 1.807) is 14.2 Å². The Morgan fingerprint density at radius 3 is 3.00 bits per heavy atom. The summed E-state index contributed by atoms with van der Waals surface area (Å²) in [6.45, 7) is 0.469. The van der Waals surface area contributed by atoms with Crippen LogP contribution < -0.4 is 4.74 Å². The van der Waals surface area contributed by atoms with Crippen LogP contribution in [-0.4, -0.2) is 30.8 Å². The molecule has 1 N–H and O–H groups in total. The molecule has 5 heteroatoms. The van der Waals surface area contributed by atoms with Crippen LogP contribution in [0.3, 0.4) is 0 Å². The van der Waals surface area contributed by atoms with Gasteiger partial charge < -0.3 is 9.84 Å². The van der Waals surface area contributed by atoms with E-state index < -0.39 is 5.60 Å². The molecule has 0 aromatic heterocycles. The lowest BCUT2D eigenvalue weighted by Crippen LogP contribution is -2.42. The molecule has 1 saturated carbocycles. The van der Waals surface area contributed by atoms with E-state index >= 15 is 0 Å². The number of benzene rings is 1. The molecule has 0 heterocycles. The number of aliphatic hydroxyl groups is 1. The van der Waals surface area contributed by atoms with E-state index in [4.69, 9.17) is 4.74 Å². The highest BCUT2D eigenvalue weighted by Gasteiger charge is 2.41. The minimum Gasteiger partial charge on any atom is -0.497 e. The summed E-state index contributed by atoms with van der Waals surface area (Å²) in [5.74, 6) is 0.744. The lowest BCUT2D eigenvalue weighted by molar-refractivity contribution is -0.0637. The van der Waals surface area contributed by atoms with Crippen LogP contribution in [0.2, 0.25) is 0 Å². The fourth-order valence-electron chi connectivity index (χ4n) is 3.10. The lowest BCUT2D eigenvalue weighted by Gasteiger charge is -2.41. The highest BCUT2D eigenvalue weighted by atomic mass is 16.5. The third-order valence-corrected chi connectivity index (χ3v) is 4.23. The first kappa shape index (κ1) is 14.8. The number of rotatable bonds is 5. The van der Waals surface area contributed by atoms with Gasteiger partial charge in [0.2, 0.25) is 0 Å². The fraction of sp³-hybridized carbons (Fsp3) is 0.600. The van der Waals surface area contributed by atoms with Crippen LogP contribution in [0.25, 0.3) is 0 Å². The van der Waals surface area contributed by atoms with Gasteiger partial charge in [-0.2, -0.15) is 0 Å². The maximum atomic E-state index is 11.1. The van der Waals surface area contributed by atoms with Gasteiger partial charge in [-0.25, -0.2) is 0 Å². The van der Waals surface area contributed by atoms with Crippen molar-refractivity contribution in [2.45, 2.75) is 31.3 Å². The number of methoxy groups -OCH3 is 1. The first-order valence-electron chi connectivity index (χ1n) is 7.01. The summed E-state index contributed by atoms with van der Waals surface area (Å²) in [4.78, 5) is 10.6. The van der Waals surface area contributed by atoms with E-state index in [2.05, 4.69) is 5.29 Å². The van der Waals surface area contributed by atoms with Crippen LogP contribution in [0.1, 0.15) is 31.2 Å². The Morgan fingerprint density at radius 1 is 1.50 bits per heavy atom. The molecular formula is C15H22N2O3. The Hall–Kier alpha value is -1.62. The standard InChI is InChI=1S/C15H22N2O3/c1-17(16-19)11-13-6-3-4-9-15(13,18)12-7-5-8-14(10-12)20-2/h5,7-8,10,13,18H,3-4,6,9,11H2,1-2H3/t13-,15+/m1/s1. The molecule has 1 aromatic carbocycles. The predicted molar refractivity (Wildman–Crippen MR) is 77.3 cm³/mol. The van der Waals surface area contributed by atoms with Crippen molar-refractivity contribution in [2.24, 2.45) is 11.2 Å². The Bertz CT molecular complexity index is 466. The van der Waals surface area contributed by atoms with Gasteiger partial charge in [-0.05, 0) is 30.5 Å². The van der Waals surface area contributed by atoms with Crippen LogP contribution in [0.5, 0.6) is 5.75 Å². The second-order valence-corrected chi connectivity index (χ2v) is 5.52. The zero-order valence-electron chi connectivity index (χ0n) is 12.1. The zero-order valence-corrected chi connectivity index (χ0v) is 12.1. The fourth-order valence-corrected chi connectivity index (χ4v) is 3.10. The van der Waals surface area contributed by atoms with Crippen LogP contribution in [0.15, 0.2) is 29.6 Å². The van der Waals surface area contributed by atoms with Crippen molar-refractivity contribution >= 4 is 0 Å². The lowest BCUT2D eigenvalue weighted by atomic mass is 9.71. The summed E-state index contributed by atoms with van der Waals surface area (Å²) in [7, 11) is 3.26. The van der Waals surface area contributed by atoms with Crippen molar-refractivity contribution in [2.75, 3.05) is 20.7 Å². The van der Waals surface area contributed by atoms with Crippen LogP contribution in [0.4, 0.5) is 0 Å². The maximum Gasteiger partial charge on any atom is 0.119 e. The van der Waals surface area contributed by atoms with Gasteiger partial charge in [-0.3, -0.25) is 5.01 Å². The van der Waals surface area contributed by atoms with Crippen molar-refractivity contribution in [1.29, 1.82) is 0 Å². The molecule has 0 bridgehead atoms. The Kier molecular flexibility index (Phi) is 4.60.